The molecule has 0 aliphatic rings. The summed E-state index contributed by atoms with van der Waals surface area (Å²) in [6.07, 6.45) is 0. The smallest absolute Gasteiger partial charge is 0.192 e. The van der Waals surface area contributed by atoms with Crippen LogP contribution in [0.15, 0.2) is 40.7 Å². The summed E-state index contributed by atoms with van der Waals surface area (Å²) < 4.78 is 23.2. The highest BCUT2D eigenvalue weighted by Crippen LogP contribution is 2.12. The lowest BCUT2D eigenvalue weighted by molar-refractivity contribution is 0.606. The maximum absolute atomic E-state index is 11.6. The third-order valence-corrected chi connectivity index (χ3v) is 4.25. The number of aliphatic imine (C=N–C) groups is 1. The molecule has 0 unspecified atom stereocenters. The van der Waals surface area contributed by atoms with Gasteiger partial charge < -0.3 is 0 Å². The number of hydrogen-bond donors (Lipinski definition) is 0. The molecule has 0 spiro atoms. The zero-order valence-electron chi connectivity index (χ0n) is 10.4. The van der Waals surface area contributed by atoms with E-state index < -0.39 is 15.6 Å². The molecule has 6 heteroatoms. The second kappa shape index (κ2) is 6.50. The molecule has 0 fully saturated rings. The van der Waals surface area contributed by atoms with E-state index >= 15 is 0 Å². The third kappa shape index (κ3) is 4.51. The molecule has 0 heterocycles. The molecule has 0 radical (unpaired) electrons. The van der Waals surface area contributed by atoms with Crippen LogP contribution < -0.4 is 0 Å². The predicted molar refractivity (Wildman–Crippen MR) is 76.8 cm³/mol. The molecule has 100 valence electrons. The van der Waals surface area contributed by atoms with Crippen molar-refractivity contribution in [1.82, 2.24) is 0 Å². The van der Waals surface area contributed by atoms with Crippen LogP contribution >= 0.6 is 11.6 Å². The highest BCUT2D eigenvalue weighted by Gasteiger charge is 2.17. The van der Waals surface area contributed by atoms with E-state index in [1.807, 2.05) is 12.1 Å². The van der Waals surface area contributed by atoms with E-state index in [1.165, 1.54) is 0 Å². The molecule has 0 aliphatic heterocycles. The summed E-state index contributed by atoms with van der Waals surface area (Å²) in [5.74, 6) is -0.584. The number of sulfone groups is 1. The fourth-order valence-corrected chi connectivity index (χ4v) is 2.27. The Bertz CT molecular complexity index is 640. The number of allylic oxidation sites excluding steroid dienone is 1. The lowest BCUT2D eigenvalue weighted by Crippen LogP contribution is -2.13. The molecule has 0 bridgehead atoms. The van der Waals surface area contributed by atoms with Crippen LogP contribution in [0.5, 0.6) is 0 Å². The maximum atomic E-state index is 11.6. The first-order valence-electron chi connectivity index (χ1n) is 5.41. The Kier molecular flexibility index (Phi) is 5.28. The summed E-state index contributed by atoms with van der Waals surface area (Å²) in [6.45, 7) is 5.38. The summed E-state index contributed by atoms with van der Waals surface area (Å²) in [4.78, 5) is 4.05. The van der Waals surface area contributed by atoms with E-state index in [1.54, 1.807) is 25.1 Å². The van der Waals surface area contributed by atoms with Crippen molar-refractivity contribution in [3.05, 3.63) is 46.3 Å². The Morgan fingerprint density at radius 3 is 2.53 bits per heavy atom. The van der Waals surface area contributed by atoms with Gasteiger partial charge in [0.2, 0.25) is 0 Å². The second-order valence-electron chi connectivity index (χ2n) is 3.87. The zero-order valence-corrected chi connectivity index (χ0v) is 12.0. The van der Waals surface area contributed by atoms with E-state index in [0.717, 1.165) is 5.56 Å². The van der Waals surface area contributed by atoms with Crippen LogP contribution in [-0.4, -0.2) is 19.9 Å². The molecule has 19 heavy (non-hydrogen) atoms. The molecule has 1 rings (SSSR count). The Balaban J connectivity index is 2.81. The largest absolute Gasteiger partial charge is 0.284 e. The molecular formula is C13H13ClN2O2S. The van der Waals surface area contributed by atoms with Gasteiger partial charge in [-0.05, 0) is 24.6 Å². The number of rotatable bonds is 5. The first-order valence-corrected chi connectivity index (χ1v) is 7.44. The zero-order chi connectivity index (χ0) is 14.5. The average molecular weight is 297 g/mol. The lowest BCUT2D eigenvalue weighted by Gasteiger charge is -2.04. The average Bonchev–Trinajstić information content (AvgIpc) is 2.36. The van der Waals surface area contributed by atoms with Gasteiger partial charge in [0.1, 0.15) is 5.75 Å². The molecule has 4 nitrogen and oxygen atoms in total. The molecule has 0 aromatic heterocycles. The van der Waals surface area contributed by atoms with Gasteiger partial charge in [-0.3, -0.25) is 4.99 Å². The Morgan fingerprint density at radius 2 is 2.00 bits per heavy atom. The van der Waals surface area contributed by atoms with Crippen molar-refractivity contribution in [3.8, 4) is 6.07 Å². The van der Waals surface area contributed by atoms with Gasteiger partial charge in [0, 0.05) is 5.02 Å². The molecule has 1 aromatic rings. The molecule has 0 saturated carbocycles. The van der Waals surface area contributed by atoms with Gasteiger partial charge in [0.05, 0.1) is 23.2 Å². The van der Waals surface area contributed by atoms with E-state index in [2.05, 4.69) is 11.6 Å². The van der Waals surface area contributed by atoms with Gasteiger partial charge >= 0.3 is 0 Å². The van der Waals surface area contributed by atoms with E-state index in [4.69, 9.17) is 16.9 Å². The van der Waals surface area contributed by atoms with Crippen LogP contribution in [0.2, 0.25) is 5.02 Å². The van der Waals surface area contributed by atoms with Gasteiger partial charge in [-0.1, -0.05) is 30.3 Å². The summed E-state index contributed by atoms with van der Waals surface area (Å²) in [5.41, 5.74) is 1.22. The normalized spacial score (nSPS) is 11.9. The minimum absolute atomic E-state index is 0.108. The van der Waals surface area contributed by atoms with Crippen molar-refractivity contribution in [2.75, 3.05) is 5.75 Å². The molecular weight excluding hydrogens is 284 g/mol. The van der Waals surface area contributed by atoms with Gasteiger partial charge in [0.15, 0.2) is 9.84 Å². The van der Waals surface area contributed by atoms with Crippen LogP contribution in [0, 0.1) is 11.3 Å². The number of nitrogens with zero attached hydrogens (tertiary/aromatic N) is 2. The third-order valence-electron chi connectivity index (χ3n) is 2.45. The first-order chi connectivity index (χ1) is 8.86. The molecule has 0 amide bonds. The predicted octanol–water partition coefficient (Wildman–Crippen LogP) is 2.75. The number of halogens is 1. The highest BCUT2D eigenvalue weighted by atomic mass is 35.5. The van der Waals surface area contributed by atoms with Gasteiger partial charge in [-0.15, -0.1) is 0 Å². The van der Waals surface area contributed by atoms with Crippen LogP contribution in [0.4, 0.5) is 0 Å². The van der Waals surface area contributed by atoms with Crippen LogP contribution in [0.3, 0.4) is 0 Å². The number of hydrogen-bond acceptors (Lipinski definition) is 4. The maximum Gasteiger partial charge on any atom is 0.192 e. The quantitative estimate of drug-likeness (QED) is 0.784. The van der Waals surface area contributed by atoms with Crippen molar-refractivity contribution >= 4 is 27.1 Å². The van der Waals surface area contributed by atoms with Gasteiger partial charge in [-0.2, -0.15) is 5.26 Å². The lowest BCUT2D eigenvalue weighted by atomic mass is 10.2. The molecule has 1 aromatic carbocycles. The minimum atomic E-state index is -3.63. The van der Waals surface area contributed by atoms with Gasteiger partial charge in [0.25, 0.3) is 0 Å². The fraction of sp³-hybridized carbons (Fsp3) is 0.231. The first kappa shape index (κ1) is 15.4. The van der Waals surface area contributed by atoms with Crippen LogP contribution in [0.25, 0.3) is 0 Å². The summed E-state index contributed by atoms with van der Waals surface area (Å²) in [7, 11) is -3.63. The summed E-state index contributed by atoms with van der Waals surface area (Å²) in [5, 5.41) is 9.07. The Morgan fingerprint density at radius 1 is 1.42 bits per heavy atom. The Hall–Kier alpha value is -1.64. The minimum Gasteiger partial charge on any atom is -0.284 e. The highest BCUT2D eigenvalue weighted by molar-refractivity contribution is 7.96. The molecule has 0 N–H and O–H groups in total. The molecule has 0 aliphatic carbocycles. The van der Waals surface area contributed by atoms with E-state index in [9.17, 15) is 8.42 Å². The van der Waals surface area contributed by atoms with Crippen LogP contribution in [-0.2, 0) is 16.4 Å². The fourth-order valence-electron chi connectivity index (χ4n) is 1.29. The van der Waals surface area contributed by atoms with Crippen molar-refractivity contribution < 1.29 is 8.42 Å². The SMILES string of the molecule is C=C(C(C)=NCc1ccc(Cl)cc1)S(=O)(=O)CC#N. The van der Waals surface area contributed by atoms with Crippen molar-refractivity contribution in [2.24, 2.45) is 4.99 Å². The van der Waals surface area contributed by atoms with E-state index in [-0.39, 0.29) is 4.91 Å². The van der Waals surface area contributed by atoms with Crippen LogP contribution in [0.1, 0.15) is 12.5 Å². The van der Waals surface area contributed by atoms with Crippen molar-refractivity contribution in [3.63, 3.8) is 0 Å². The van der Waals surface area contributed by atoms with Crippen molar-refractivity contribution in [2.45, 2.75) is 13.5 Å². The van der Waals surface area contributed by atoms with Crippen molar-refractivity contribution in [1.29, 1.82) is 5.26 Å². The molecule has 0 atom stereocenters. The summed E-state index contributed by atoms with van der Waals surface area (Å²) in [6, 6.07) is 8.71. The standard InChI is InChI=1S/C13H13ClN2O2S/c1-10(11(2)19(17,18)8-7-15)16-9-12-3-5-13(14)6-4-12/h3-6H,2,8-9H2,1H3. The number of benzene rings is 1. The summed E-state index contributed by atoms with van der Waals surface area (Å²) >= 11 is 5.76. The second-order valence-corrected chi connectivity index (χ2v) is 6.32. The topological polar surface area (TPSA) is 70.3 Å². The molecule has 0 saturated heterocycles. The van der Waals surface area contributed by atoms with Gasteiger partial charge in [-0.25, -0.2) is 8.42 Å². The van der Waals surface area contributed by atoms with E-state index in [0.29, 0.717) is 17.3 Å². The Labute approximate surface area is 118 Å². The number of nitriles is 1. The monoisotopic (exact) mass is 296 g/mol.